The van der Waals surface area contributed by atoms with Gasteiger partial charge in [0.25, 0.3) is 0 Å². The van der Waals surface area contributed by atoms with Gasteiger partial charge in [-0.25, -0.2) is 21.9 Å². The van der Waals surface area contributed by atoms with E-state index in [1.807, 2.05) is 0 Å². The third-order valence-corrected chi connectivity index (χ3v) is 3.94. The predicted octanol–water partition coefficient (Wildman–Crippen LogP) is 0.723. The van der Waals surface area contributed by atoms with Crippen LogP contribution >= 0.6 is 0 Å². The minimum Gasteiger partial charge on any atom is -0.316 e. The first-order valence-corrected chi connectivity index (χ1v) is 6.86. The molecular formula is C11H13F2N3O2S. The molecule has 104 valence electrons. The van der Waals surface area contributed by atoms with E-state index in [9.17, 15) is 17.2 Å². The van der Waals surface area contributed by atoms with Crippen molar-refractivity contribution in [2.75, 3.05) is 13.6 Å². The Balaban J connectivity index is 3.12. The van der Waals surface area contributed by atoms with Crippen LogP contribution in [0.4, 0.5) is 8.78 Å². The molecule has 0 aromatic heterocycles. The van der Waals surface area contributed by atoms with Gasteiger partial charge in [-0.3, -0.25) is 0 Å². The van der Waals surface area contributed by atoms with E-state index < -0.39 is 26.6 Å². The molecule has 0 heterocycles. The molecule has 0 fully saturated rings. The second-order valence-corrected chi connectivity index (χ2v) is 5.63. The quantitative estimate of drug-likeness (QED) is 0.837. The Morgan fingerprint density at radius 2 is 1.89 bits per heavy atom. The Labute approximate surface area is 110 Å². The zero-order valence-corrected chi connectivity index (χ0v) is 11.2. The number of hydrogen-bond acceptors (Lipinski definition) is 4. The molecule has 0 aliphatic rings. The first-order valence-electron chi connectivity index (χ1n) is 5.38. The van der Waals surface area contributed by atoms with Crippen LogP contribution in [0.3, 0.4) is 0 Å². The van der Waals surface area contributed by atoms with E-state index in [4.69, 9.17) is 5.26 Å². The van der Waals surface area contributed by atoms with Gasteiger partial charge in [-0.2, -0.15) is 5.26 Å². The summed E-state index contributed by atoms with van der Waals surface area (Å²) in [4.78, 5) is -1.07. The van der Waals surface area contributed by atoms with Gasteiger partial charge in [0, 0.05) is 12.6 Å². The van der Waals surface area contributed by atoms with Crippen LogP contribution in [-0.4, -0.2) is 28.1 Å². The van der Waals surface area contributed by atoms with Crippen LogP contribution in [0, 0.1) is 23.0 Å². The number of nitrogens with one attached hydrogen (secondary N) is 2. The minimum absolute atomic E-state index is 0.0162. The highest BCUT2D eigenvalue weighted by atomic mass is 32.2. The van der Waals surface area contributed by atoms with E-state index in [-0.39, 0.29) is 18.2 Å². The number of likely N-dealkylation sites (N-methyl/N-ethyl adjacent to an activating group) is 1. The van der Waals surface area contributed by atoms with E-state index in [2.05, 4.69) is 10.0 Å². The molecule has 0 spiro atoms. The monoisotopic (exact) mass is 289 g/mol. The maximum Gasteiger partial charge on any atom is 0.246 e. The third kappa shape index (κ3) is 3.70. The van der Waals surface area contributed by atoms with Crippen molar-refractivity contribution in [1.29, 1.82) is 5.26 Å². The van der Waals surface area contributed by atoms with Gasteiger partial charge in [0.05, 0.1) is 11.6 Å². The van der Waals surface area contributed by atoms with E-state index in [0.29, 0.717) is 12.1 Å². The lowest BCUT2D eigenvalue weighted by atomic mass is 10.2. The van der Waals surface area contributed by atoms with Crippen LogP contribution < -0.4 is 10.0 Å². The standard InChI is InChI=1S/C11H13F2N3O2S/c1-7(15-2)6-16-19(17,18)11-9(12)3-8(5-14)4-10(11)13/h3-4,7,15-16H,6H2,1-2H3. The van der Waals surface area contributed by atoms with Crippen molar-refractivity contribution >= 4 is 10.0 Å². The summed E-state index contributed by atoms with van der Waals surface area (Å²) in [6, 6.07) is 2.71. The van der Waals surface area contributed by atoms with Gasteiger partial charge in [0.15, 0.2) is 4.90 Å². The summed E-state index contributed by atoms with van der Waals surface area (Å²) in [7, 11) is -2.67. The number of hydrogen-bond donors (Lipinski definition) is 2. The fraction of sp³-hybridized carbons (Fsp3) is 0.364. The van der Waals surface area contributed by atoms with Crippen LogP contribution in [-0.2, 0) is 10.0 Å². The lowest BCUT2D eigenvalue weighted by molar-refractivity contribution is 0.507. The number of benzene rings is 1. The number of nitriles is 1. The summed E-state index contributed by atoms with van der Waals surface area (Å²) < 4.78 is 52.8. The van der Waals surface area contributed by atoms with Gasteiger partial charge >= 0.3 is 0 Å². The van der Waals surface area contributed by atoms with Gasteiger partial charge in [-0.1, -0.05) is 0 Å². The summed E-state index contributed by atoms with van der Waals surface area (Å²) >= 11 is 0. The summed E-state index contributed by atoms with van der Waals surface area (Å²) in [5.41, 5.74) is -0.280. The molecule has 0 aliphatic heterocycles. The van der Waals surface area contributed by atoms with Crippen LogP contribution in [0.2, 0.25) is 0 Å². The molecule has 8 heteroatoms. The molecule has 1 aromatic rings. The summed E-state index contributed by atoms with van der Waals surface area (Å²) in [5.74, 6) is -2.58. The van der Waals surface area contributed by atoms with Crippen molar-refractivity contribution in [1.82, 2.24) is 10.0 Å². The normalized spacial score (nSPS) is 13.0. The summed E-state index contributed by atoms with van der Waals surface area (Å²) in [6.45, 7) is 1.69. The van der Waals surface area contributed by atoms with Gasteiger partial charge in [-0.05, 0) is 26.1 Å². The highest BCUT2D eigenvalue weighted by Crippen LogP contribution is 2.20. The molecule has 0 radical (unpaired) electrons. The van der Waals surface area contributed by atoms with Crippen LogP contribution in [0.25, 0.3) is 0 Å². The van der Waals surface area contributed by atoms with Crippen molar-refractivity contribution in [2.45, 2.75) is 17.9 Å². The molecule has 1 aromatic carbocycles. The van der Waals surface area contributed by atoms with Crippen molar-refractivity contribution in [3.8, 4) is 6.07 Å². The second kappa shape index (κ2) is 6.06. The highest BCUT2D eigenvalue weighted by Gasteiger charge is 2.25. The van der Waals surface area contributed by atoms with E-state index >= 15 is 0 Å². The largest absolute Gasteiger partial charge is 0.316 e. The van der Waals surface area contributed by atoms with Crippen LogP contribution in [0.5, 0.6) is 0 Å². The number of sulfonamides is 1. The lowest BCUT2D eigenvalue weighted by Crippen LogP contribution is -2.37. The molecule has 0 aliphatic carbocycles. The topological polar surface area (TPSA) is 82.0 Å². The average Bonchev–Trinajstić information content (AvgIpc) is 2.34. The molecule has 1 rings (SSSR count). The summed E-state index contributed by atoms with van der Waals surface area (Å²) in [5, 5.41) is 11.3. The molecule has 0 amide bonds. The summed E-state index contributed by atoms with van der Waals surface area (Å²) in [6.07, 6.45) is 0. The van der Waals surface area contributed by atoms with Gasteiger partial charge < -0.3 is 5.32 Å². The van der Waals surface area contributed by atoms with Crippen molar-refractivity contribution in [3.63, 3.8) is 0 Å². The van der Waals surface area contributed by atoms with Gasteiger partial charge in [-0.15, -0.1) is 0 Å². The fourth-order valence-electron chi connectivity index (χ4n) is 1.29. The Bertz CT molecular complexity index is 588. The Morgan fingerprint density at radius 1 is 1.37 bits per heavy atom. The first-order chi connectivity index (χ1) is 8.81. The highest BCUT2D eigenvalue weighted by molar-refractivity contribution is 7.89. The van der Waals surface area contributed by atoms with Crippen LogP contribution in [0.15, 0.2) is 17.0 Å². The zero-order valence-electron chi connectivity index (χ0n) is 10.4. The third-order valence-electron chi connectivity index (χ3n) is 2.47. The molecule has 1 unspecified atom stereocenters. The maximum absolute atomic E-state index is 13.6. The maximum atomic E-state index is 13.6. The smallest absolute Gasteiger partial charge is 0.246 e. The predicted molar refractivity (Wildman–Crippen MR) is 64.8 cm³/mol. The Hall–Kier alpha value is -1.56. The lowest BCUT2D eigenvalue weighted by Gasteiger charge is -2.13. The second-order valence-electron chi connectivity index (χ2n) is 3.92. The van der Waals surface area contributed by atoms with E-state index in [1.54, 1.807) is 20.0 Å². The van der Waals surface area contributed by atoms with E-state index in [1.165, 1.54) is 0 Å². The molecule has 1 atom stereocenters. The van der Waals surface area contributed by atoms with Gasteiger partial charge in [0.1, 0.15) is 11.6 Å². The molecular weight excluding hydrogens is 276 g/mol. The van der Waals surface area contributed by atoms with Crippen molar-refractivity contribution in [3.05, 3.63) is 29.3 Å². The number of halogens is 2. The fourth-order valence-corrected chi connectivity index (χ4v) is 2.54. The zero-order chi connectivity index (χ0) is 14.6. The van der Waals surface area contributed by atoms with E-state index in [0.717, 1.165) is 0 Å². The minimum atomic E-state index is -4.30. The van der Waals surface area contributed by atoms with Crippen molar-refractivity contribution < 1.29 is 17.2 Å². The molecule has 19 heavy (non-hydrogen) atoms. The first kappa shape index (κ1) is 15.5. The number of nitrogens with zero attached hydrogens (tertiary/aromatic N) is 1. The SMILES string of the molecule is CNC(C)CNS(=O)(=O)c1c(F)cc(C#N)cc1F. The molecule has 0 saturated carbocycles. The molecule has 0 bridgehead atoms. The molecule has 0 saturated heterocycles. The molecule has 5 nitrogen and oxygen atoms in total. The van der Waals surface area contributed by atoms with Gasteiger partial charge in [0.2, 0.25) is 10.0 Å². The Morgan fingerprint density at radius 3 is 2.32 bits per heavy atom. The molecule has 2 N–H and O–H groups in total. The van der Waals surface area contributed by atoms with Crippen LogP contribution in [0.1, 0.15) is 12.5 Å². The number of rotatable bonds is 5. The average molecular weight is 289 g/mol. The van der Waals surface area contributed by atoms with Crippen molar-refractivity contribution in [2.24, 2.45) is 0 Å². The Kier molecular flexibility index (Phi) is 4.94.